The highest BCUT2D eigenvalue weighted by Gasteiger charge is 2.30. The van der Waals surface area contributed by atoms with E-state index in [1.54, 1.807) is 13.3 Å². The summed E-state index contributed by atoms with van der Waals surface area (Å²) < 4.78 is 18.5. The van der Waals surface area contributed by atoms with E-state index < -0.39 is 10.8 Å². The summed E-state index contributed by atoms with van der Waals surface area (Å²) in [5.41, 5.74) is 5.55. The molecule has 3 aromatic rings. The number of ether oxygens (including phenoxy) is 1. The number of nitrogens with zero attached hydrogens (tertiary/aromatic N) is 2. The van der Waals surface area contributed by atoms with Gasteiger partial charge < -0.3 is 15.0 Å². The summed E-state index contributed by atoms with van der Waals surface area (Å²) >= 11 is 0. The van der Waals surface area contributed by atoms with Crippen LogP contribution in [0.15, 0.2) is 64.6 Å². The van der Waals surface area contributed by atoms with Gasteiger partial charge in [0.05, 0.1) is 23.4 Å². The van der Waals surface area contributed by atoms with Gasteiger partial charge in [0.25, 0.3) is 0 Å². The fourth-order valence-electron chi connectivity index (χ4n) is 3.88. The average molecular weight is 422 g/mol. The van der Waals surface area contributed by atoms with Crippen LogP contribution < -0.4 is 15.0 Å². The number of aromatic nitrogens is 1. The number of fused-ring (bicyclic) bond motifs is 2. The monoisotopic (exact) mass is 421 g/mol. The lowest BCUT2D eigenvalue weighted by atomic mass is 10.1. The highest BCUT2D eigenvalue weighted by molar-refractivity contribution is 7.85. The van der Waals surface area contributed by atoms with Crippen molar-refractivity contribution in [3.63, 3.8) is 0 Å². The van der Waals surface area contributed by atoms with Crippen LogP contribution in [-0.2, 0) is 17.3 Å². The molecule has 1 aliphatic heterocycles. The number of hydrogen-bond donors (Lipinski definition) is 1. The zero-order chi connectivity index (χ0) is 21.1. The lowest BCUT2D eigenvalue weighted by Crippen LogP contribution is -2.29. The molecule has 0 radical (unpaired) electrons. The van der Waals surface area contributed by atoms with Crippen LogP contribution in [0.5, 0.6) is 5.75 Å². The zero-order valence-corrected chi connectivity index (χ0v) is 18.5. The smallest absolute Gasteiger partial charge is 0.155 e. The Morgan fingerprint density at radius 2 is 1.93 bits per heavy atom. The Kier molecular flexibility index (Phi) is 6.16. The van der Waals surface area contributed by atoms with E-state index in [2.05, 4.69) is 35.1 Å². The number of nitrogens with one attached hydrogen (secondary N) is 1. The minimum Gasteiger partial charge on any atom is -0.496 e. The molecule has 2 aromatic carbocycles. The Morgan fingerprint density at radius 3 is 2.77 bits per heavy atom. The molecule has 5 nitrogen and oxygen atoms in total. The summed E-state index contributed by atoms with van der Waals surface area (Å²) in [4.78, 5) is 7.57. The van der Waals surface area contributed by atoms with Crippen LogP contribution in [0.1, 0.15) is 23.1 Å². The first-order chi connectivity index (χ1) is 14.6. The molecule has 1 N–H and O–H groups in total. The van der Waals surface area contributed by atoms with Crippen molar-refractivity contribution >= 4 is 22.2 Å². The van der Waals surface area contributed by atoms with Gasteiger partial charge in [0.15, 0.2) is 5.03 Å². The molecule has 1 unspecified atom stereocenters. The van der Waals surface area contributed by atoms with Crippen LogP contribution in [0.3, 0.4) is 0 Å². The molecule has 0 fully saturated rings. The van der Waals surface area contributed by atoms with Gasteiger partial charge in [0, 0.05) is 24.8 Å². The molecule has 0 saturated heterocycles. The molecule has 30 heavy (non-hydrogen) atoms. The highest BCUT2D eigenvalue weighted by Crippen LogP contribution is 2.43. The predicted molar refractivity (Wildman–Crippen MR) is 121 cm³/mol. The molecule has 1 aromatic heterocycles. The molecule has 156 valence electrons. The molecular weight excluding hydrogens is 394 g/mol. The number of anilines is 2. The summed E-state index contributed by atoms with van der Waals surface area (Å²) in [6.07, 6.45) is 2.67. The summed E-state index contributed by atoms with van der Waals surface area (Å²) in [5.74, 6) is 0.906. The van der Waals surface area contributed by atoms with Crippen molar-refractivity contribution in [1.29, 1.82) is 0 Å². The molecule has 1 atom stereocenters. The SMILES string of the molecule is COc1ccccc1CNCCCN1c2cccnc2S(=O)c2ccc(C)c(C)c21. The number of para-hydroxylation sites is 1. The highest BCUT2D eigenvalue weighted by atomic mass is 32.2. The second-order valence-corrected chi connectivity index (χ2v) is 8.81. The van der Waals surface area contributed by atoms with Crippen molar-refractivity contribution < 1.29 is 8.95 Å². The van der Waals surface area contributed by atoms with E-state index in [1.807, 2.05) is 42.5 Å². The van der Waals surface area contributed by atoms with Crippen molar-refractivity contribution in [1.82, 2.24) is 10.3 Å². The maximum Gasteiger partial charge on any atom is 0.155 e. The molecule has 4 rings (SSSR count). The van der Waals surface area contributed by atoms with Crippen molar-refractivity contribution in [2.75, 3.05) is 25.1 Å². The van der Waals surface area contributed by atoms with Gasteiger partial charge in [0.1, 0.15) is 16.5 Å². The van der Waals surface area contributed by atoms with Crippen molar-refractivity contribution in [2.45, 2.75) is 36.7 Å². The molecule has 0 aliphatic carbocycles. The van der Waals surface area contributed by atoms with Gasteiger partial charge in [-0.25, -0.2) is 9.19 Å². The van der Waals surface area contributed by atoms with Gasteiger partial charge in [-0.15, -0.1) is 0 Å². The third kappa shape index (κ3) is 3.85. The van der Waals surface area contributed by atoms with E-state index in [-0.39, 0.29) is 0 Å². The first kappa shape index (κ1) is 20.6. The Morgan fingerprint density at radius 1 is 1.10 bits per heavy atom. The fourth-order valence-corrected chi connectivity index (χ4v) is 5.25. The standard InChI is InChI=1S/C24H27N3O2S/c1-17-11-12-22-23(18(17)2)27(20-9-6-14-26-24(20)30(22)28)15-7-13-25-16-19-8-4-5-10-21(19)29-3/h4-6,8-12,14,25H,7,13,15-16H2,1-3H3. The van der Waals surface area contributed by atoms with Gasteiger partial charge >= 0.3 is 0 Å². The lowest BCUT2D eigenvalue weighted by Gasteiger charge is -2.34. The lowest BCUT2D eigenvalue weighted by molar-refractivity contribution is 0.407. The molecule has 0 spiro atoms. The molecular formula is C24H27N3O2S. The maximum atomic E-state index is 13.1. The van der Waals surface area contributed by atoms with E-state index >= 15 is 0 Å². The number of rotatable bonds is 7. The second kappa shape index (κ2) is 8.98. The normalized spacial score (nSPS) is 14.9. The van der Waals surface area contributed by atoms with Crippen molar-refractivity contribution in [3.05, 3.63) is 71.4 Å². The zero-order valence-electron chi connectivity index (χ0n) is 17.6. The molecule has 6 heteroatoms. The largest absolute Gasteiger partial charge is 0.496 e. The third-order valence-electron chi connectivity index (χ3n) is 5.60. The van der Waals surface area contributed by atoms with Crippen LogP contribution in [0.2, 0.25) is 0 Å². The third-order valence-corrected chi connectivity index (χ3v) is 6.99. The van der Waals surface area contributed by atoms with E-state index in [1.165, 1.54) is 11.1 Å². The topological polar surface area (TPSA) is 54.5 Å². The second-order valence-electron chi connectivity index (χ2n) is 7.44. The average Bonchev–Trinajstić information content (AvgIpc) is 2.78. The van der Waals surface area contributed by atoms with Crippen LogP contribution in [0, 0.1) is 13.8 Å². The van der Waals surface area contributed by atoms with E-state index in [0.29, 0.717) is 5.03 Å². The summed E-state index contributed by atoms with van der Waals surface area (Å²) in [7, 11) is 0.452. The number of aryl methyl sites for hydroxylation is 1. The maximum absolute atomic E-state index is 13.1. The van der Waals surface area contributed by atoms with Crippen molar-refractivity contribution in [3.8, 4) is 5.75 Å². The predicted octanol–water partition coefficient (Wildman–Crippen LogP) is 4.51. The Bertz CT molecular complexity index is 1080. The molecule has 0 amide bonds. The van der Waals surface area contributed by atoms with E-state index in [9.17, 15) is 4.21 Å². The van der Waals surface area contributed by atoms with Gasteiger partial charge in [-0.3, -0.25) is 0 Å². The van der Waals surface area contributed by atoms with E-state index in [4.69, 9.17) is 4.74 Å². The fraction of sp³-hybridized carbons (Fsp3) is 0.292. The number of methoxy groups -OCH3 is 1. The quantitative estimate of drug-likeness (QED) is 0.569. The summed E-state index contributed by atoms with van der Waals surface area (Å²) in [6, 6.07) is 16.0. The summed E-state index contributed by atoms with van der Waals surface area (Å²) in [5, 5.41) is 4.16. The van der Waals surface area contributed by atoms with Crippen LogP contribution in [-0.4, -0.2) is 29.4 Å². The number of hydrogen-bond acceptors (Lipinski definition) is 5. The first-order valence-electron chi connectivity index (χ1n) is 10.2. The Hall–Kier alpha value is -2.70. The van der Waals surface area contributed by atoms with Crippen LogP contribution in [0.4, 0.5) is 11.4 Å². The van der Waals surface area contributed by atoms with Crippen LogP contribution in [0.25, 0.3) is 0 Å². The van der Waals surface area contributed by atoms with Gasteiger partial charge in [-0.1, -0.05) is 24.3 Å². The van der Waals surface area contributed by atoms with Gasteiger partial charge in [0.2, 0.25) is 0 Å². The Labute approximate surface area is 180 Å². The van der Waals surface area contributed by atoms with Crippen molar-refractivity contribution in [2.24, 2.45) is 0 Å². The van der Waals surface area contributed by atoms with Gasteiger partial charge in [-0.05, 0) is 62.2 Å². The van der Waals surface area contributed by atoms with Crippen LogP contribution >= 0.6 is 0 Å². The molecule has 0 bridgehead atoms. The number of pyridine rings is 1. The first-order valence-corrected chi connectivity index (χ1v) is 11.3. The number of benzene rings is 2. The minimum atomic E-state index is -1.25. The summed E-state index contributed by atoms with van der Waals surface area (Å²) in [6.45, 7) is 6.67. The molecule has 0 saturated carbocycles. The van der Waals surface area contributed by atoms with Gasteiger partial charge in [-0.2, -0.15) is 0 Å². The van der Waals surface area contributed by atoms with E-state index in [0.717, 1.165) is 53.6 Å². The minimum absolute atomic E-state index is 0.648. The molecule has 2 heterocycles. The molecule has 1 aliphatic rings. The Balaban J connectivity index is 1.50.